The SMILES string of the molecule is Cc1ccc(N(C=C(C=C[CH]=[W])c2cccc(C)c2)c2ccc(C)cc2)cc1. The van der Waals surface area contributed by atoms with Gasteiger partial charge in [0, 0.05) is 0 Å². The van der Waals surface area contributed by atoms with Crippen molar-refractivity contribution in [1.29, 1.82) is 0 Å². The summed E-state index contributed by atoms with van der Waals surface area (Å²) in [5, 5.41) is 0. The summed E-state index contributed by atoms with van der Waals surface area (Å²) in [5.41, 5.74) is 8.50. The van der Waals surface area contributed by atoms with E-state index in [0.717, 1.165) is 11.4 Å². The van der Waals surface area contributed by atoms with Gasteiger partial charge in [-0.1, -0.05) is 0 Å². The molecule has 0 aliphatic heterocycles. The van der Waals surface area contributed by atoms with Crippen LogP contribution in [0.2, 0.25) is 0 Å². The molecule has 0 unspecified atom stereocenters. The average molecular weight is 535 g/mol. The van der Waals surface area contributed by atoms with E-state index in [-0.39, 0.29) is 0 Å². The monoisotopic (exact) mass is 535 g/mol. The van der Waals surface area contributed by atoms with Gasteiger partial charge in [-0.15, -0.1) is 0 Å². The first-order chi connectivity index (χ1) is 13.6. The van der Waals surface area contributed by atoms with Crippen LogP contribution >= 0.6 is 0 Å². The summed E-state index contributed by atoms with van der Waals surface area (Å²) < 4.78 is 2.14. The number of hydrogen-bond acceptors (Lipinski definition) is 1. The summed E-state index contributed by atoms with van der Waals surface area (Å²) in [7, 11) is 0. The van der Waals surface area contributed by atoms with Crippen molar-refractivity contribution >= 4 is 21.3 Å². The molecule has 0 N–H and O–H groups in total. The Balaban J connectivity index is 2.15. The van der Waals surface area contributed by atoms with Crippen molar-refractivity contribution in [2.24, 2.45) is 0 Å². The predicted octanol–water partition coefficient (Wildman–Crippen LogP) is 6.70. The second kappa shape index (κ2) is 9.62. The summed E-state index contributed by atoms with van der Waals surface area (Å²) in [4.78, 5) is 2.27. The molecule has 0 saturated carbocycles. The van der Waals surface area contributed by atoms with Gasteiger partial charge in [0.15, 0.2) is 0 Å². The molecule has 0 aliphatic carbocycles. The number of aryl methyl sites for hydroxylation is 3. The van der Waals surface area contributed by atoms with Gasteiger partial charge in [0.2, 0.25) is 0 Å². The minimum absolute atomic E-state index is 1.15. The van der Waals surface area contributed by atoms with Crippen LogP contribution < -0.4 is 4.90 Å². The number of rotatable bonds is 6. The first-order valence-electron chi connectivity index (χ1n) is 9.40. The summed E-state index contributed by atoms with van der Waals surface area (Å²) in [5.74, 6) is 0. The molecule has 3 rings (SSSR count). The number of allylic oxidation sites excluding steroid dienone is 3. The van der Waals surface area contributed by atoms with Crippen LogP contribution in [0.15, 0.2) is 91.1 Å². The Morgan fingerprint density at radius 2 is 1.32 bits per heavy atom. The maximum absolute atomic E-state index is 2.27. The van der Waals surface area contributed by atoms with Crippen molar-refractivity contribution in [1.82, 2.24) is 0 Å². The van der Waals surface area contributed by atoms with Crippen molar-refractivity contribution < 1.29 is 19.4 Å². The molecule has 0 fully saturated rings. The van der Waals surface area contributed by atoms with Crippen LogP contribution in [0.25, 0.3) is 5.57 Å². The van der Waals surface area contributed by atoms with Crippen LogP contribution in [0.4, 0.5) is 11.4 Å². The van der Waals surface area contributed by atoms with E-state index in [9.17, 15) is 0 Å². The second-order valence-corrected chi connectivity index (χ2v) is 7.97. The molecular weight excluding hydrogens is 510 g/mol. The van der Waals surface area contributed by atoms with Crippen molar-refractivity contribution in [3.63, 3.8) is 0 Å². The molecule has 0 aromatic heterocycles. The topological polar surface area (TPSA) is 3.24 Å². The molecule has 140 valence electrons. The molecule has 2 heteroatoms. The van der Waals surface area contributed by atoms with Crippen molar-refractivity contribution in [3.05, 3.63) is 113 Å². The van der Waals surface area contributed by atoms with Gasteiger partial charge in [0.1, 0.15) is 0 Å². The van der Waals surface area contributed by atoms with Gasteiger partial charge in [-0.05, 0) is 0 Å². The molecule has 0 bridgehead atoms. The second-order valence-electron chi connectivity index (χ2n) is 6.99. The molecule has 0 amide bonds. The molecule has 0 spiro atoms. The summed E-state index contributed by atoms with van der Waals surface area (Å²) >= 11 is 1.45. The van der Waals surface area contributed by atoms with Crippen LogP contribution in [0.1, 0.15) is 22.3 Å². The zero-order valence-corrected chi connectivity index (χ0v) is 19.5. The molecule has 1 nitrogen and oxygen atoms in total. The fraction of sp³-hybridized carbons (Fsp3) is 0.115. The van der Waals surface area contributed by atoms with Crippen LogP contribution in [-0.2, 0) is 19.4 Å². The molecule has 0 radical (unpaired) electrons. The molecule has 3 aromatic rings. The van der Waals surface area contributed by atoms with E-state index < -0.39 is 0 Å². The third-order valence-corrected chi connectivity index (χ3v) is 5.16. The van der Waals surface area contributed by atoms with Gasteiger partial charge >= 0.3 is 180 Å². The van der Waals surface area contributed by atoms with Gasteiger partial charge < -0.3 is 0 Å². The average Bonchev–Trinajstić information content (AvgIpc) is 2.70. The Hall–Kier alpha value is -2.50. The van der Waals surface area contributed by atoms with E-state index in [1.807, 2.05) is 0 Å². The Morgan fingerprint density at radius 1 is 0.750 bits per heavy atom. The zero-order valence-electron chi connectivity index (χ0n) is 16.6. The minimum atomic E-state index is 1.15. The van der Waals surface area contributed by atoms with Crippen LogP contribution in [0.3, 0.4) is 0 Å². The Labute approximate surface area is 179 Å². The summed E-state index contributed by atoms with van der Waals surface area (Å²) in [6.07, 6.45) is 6.56. The quantitative estimate of drug-likeness (QED) is 0.318. The molecular formula is C26H25NW. The molecule has 3 aromatic carbocycles. The fourth-order valence-electron chi connectivity index (χ4n) is 3.03. The van der Waals surface area contributed by atoms with E-state index in [2.05, 4.69) is 121 Å². The zero-order chi connectivity index (χ0) is 19.9. The molecule has 0 atom stereocenters. The first-order valence-corrected chi connectivity index (χ1v) is 11.1. The van der Waals surface area contributed by atoms with Crippen LogP contribution in [0, 0.1) is 20.8 Å². The van der Waals surface area contributed by atoms with Crippen molar-refractivity contribution in [2.75, 3.05) is 4.90 Å². The standard InChI is InChI=1S/C26H25N.W/c1-5-7-24(23-9-6-8-22(4)18-23)19-27(25-14-10-20(2)11-15-25)26-16-12-21(3)13-17-26;/h1,5-19H,2-4H3;. The summed E-state index contributed by atoms with van der Waals surface area (Å²) in [6, 6.07) is 26.0. The van der Waals surface area contributed by atoms with Crippen molar-refractivity contribution in [3.8, 4) is 0 Å². The molecule has 0 aliphatic rings. The van der Waals surface area contributed by atoms with Gasteiger partial charge in [-0.3, -0.25) is 0 Å². The third-order valence-electron chi connectivity index (χ3n) is 4.60. The molecule has 0 saturated heterocycles. The Morgan fingerprint density at radius 3 is 1.82 bits per heavy atom. The van der Waals surface area contributed by atoms with Crippen LogP contribution in [-0.4, -0.2) is 4.40 Å². The predicted molar refractivity (Wildman–Crippen MR) is 119 cm³/mol. The van der Waals surface area contributed by atoms with E-state index in [4.69, 9.17) is 0 Å². The fourth-order valence-corrected chi connectivity index (χ4v) is 3.31. The number of anilines is 2. The summed E-state index contributed by atoms with van der Waals surface area (Å²) in [6.45, 7) is 6.38. The van der Waals surface area contributed by atoms with E-state index >= 15 is 0 Å². The third kappa shape index (κ3) is 5.27. The maximum atomic E-state index is 2.27. The number of hydrogen-bond donors (Lipinski definition) is 0. The van der Waals surface area contributed by atoms with Crippen LogP contribution in [0.5, 0.6) is 0 Å². The van der Waals surface area contributed by atoms with Crippen molar-refractivity contribution in [2.45, 2.75) is 20.8 Å². The molecule has 0 heterocycles. The van der Waals surface area contributed by atoms with Gasteiger partial charge in [0.05, 0.1) is 0 Å². The van der Waals surface area contributed by atoms with Gasteiger partial charge in [0.25, 0.3) is 0 Å². The van der Waals surface area contributed by atoms with E-state index in [1.165, 1.54) is 47.2 Å². The van der Waals surface area contributed by atoms with Gasteiger partial charge in [-0.2, -0.15) is 0 Å². The first kappa shape index (κ1) is 20.2. The molecule has 28 heavy (non-hydrogen) atoms. The normalized spacial score (nSPS) is 11.6. The van der Waals surface area contributed by atoms with E-state index in [0.29, 0.717) is 0 Å². The Bertz CT molecular complexity index is 950. The van der Waals surface area contributed by atoms with E-state index in [1.54, 1.807) is 0 Å². The number of nitrogens with zero attached hydrogens (tertiary/aromatic N) is 1. The Kier molecular flexibility index (Phi) is 6.95. The van der Waals surface area contributed by atoms with Gasteiger partial charge in [-0.25, -0.2) is 0 Å². The number of benzene rings is 3.